The standard InChI is InChI=1S/C11H9ClF3N5/c12-7-3-6(11(13,14)15)1-2-8(7)18-9-4-17-5-10(19-9)20-16/h1-5H,16H2,(H2,18,19,20). The number of hydrazine groups is 1. The number of anilines is 3. The number of nitrogens with two attached hydrogens (primary N) is 1. The molecule has 0 saturated carbocycles. The van der Waals surface area contributed by atoms with Crippen LogP contribution >= 0.6 is 11.6 Å². The Labute approximate surface area is 117 Å². The van der Waals surface area contributed by atoms with E-state index in [9.17, 15) is 13.2 Å². The first-order chi connectivity index (χ1) is 9.40. The summed E-state index contributed by atoms with van der Waals surface area (Å²) in [5.74, 6) is 5.78. The molecule has 0 saturated heterocycles. The number of rotatable bonds is 3. The molecule has 2 aromatic rings. The predicted molar refractivity (Wildman–Crippen MR) is 69.6 cm³/mol. The van der Waals surface area contributed by atoms with Crippen molar-refractivity contribution in [2.24, 2.45) is 5.84 Å². The van der Waals surface area contributed by atoms with Crippen molar-refractivity contribution in [3.8, 4) is 0 Å². The highest BCUT2D eigenvalue weighted by Gasteiger charge is 2.30. The zero-order chi connectivity index (χ0) is 14.8. The van der Waals surface area contributed by atoms with Crippen molar-refractivity contribution in [1.29, 1.82) is 0 Å². The van der Waals surface area contributed by atoms with Crippen molar-refractivity contribution in [2.75, 3.05) is 10.7 Å². The Bertz CT molecular complexity index is 617. The van der Waals surface area contributed by atoms with E-state index in [-0.39, 0.29) is 10.7 Å². The molecule has 20 heavy (non-hydrogen) atoms. The van der Waals surface area contributed by atoms with Crippen LogP contribution in [-0.4, -0.2) is 9.97 Å². The van der Waals surface area contributed by atoms with Gasteiger partial charge in [0.1, 0.15) is 0 Å². The maximum absolute atomic E-state index is 12.5. The summed E-state index contributed by atoms with van der Waals surface area (Å²) in [5, 5.41) is 2.68. The zero-order valence-electron chi connectivity index (χ0n) is 9.87. The van der Waals surface area contributed by atoms with E-state index in [0.717, 1.165) is 12.1 Å². The molecule has 0 aliphatic carbocycles. The number of alkyl halides is 3. The van der Waals surface area contributed by atoms with Gasteiger partial charge >= 0.3 is 6.18 Å². The lowest BCUT2D eigenvalue weighted by Crippen LogP contribution is -2.09. The Morgan fingerprint density at radius 1 is 1.15 bits per heavy atom. The first kappa shape index (κ1) is 14.4. The molecule has 0 bridgehead atoms. The Hall–Kier alpha value is -2.06. The van der Waals surface area contributed by atoms with Crippen molar-refractivity contribution < 1.29 is 13.2 Å². The van der Waals surface area contributed by atoms with Crippen molar-refractivity contribution in [3.05, 3.63) is 41.2 Å². The number of hydrogen-bond donors (Lipinski definition) is 3. The van der Waals surface area contributed by atoms with Crippen molar-refractivity contribution in [1.82, 2.24) is 9.97 Å². The number of nitrogens with zero attached hydrogens (tertiary/aromatic N) is 2. The van der Waals surface area contributed by atoms with E-state index >= 15 is 0 Å². The summed E-state index contributed by atoms with van der Waals surface area (Å²) in [5.41, 5.74) is 1.76. The summed E-state index contributed by atoms with van der Waals surface area (Å²) >= 11 is 5.81. The van der Waals surface area contributed by atoms with E-state index in [0.29, 0.717) is 11.6 Å². The van der Waals surface area contributed by atoms with Crippen molar-refractivity contribution in [2.45, 2.75) is 6.18 Å². The third-order valence-corrected chi connectivity index (χ3v) is 2.65. The Morgan fingerprint density at radius 2 is 1.85 bits per heavy atom. The number of benzene rings is 1. The fraction of sp³-hybridized carbons (Fsp3) is 0.0909. The number of hydrogen-bond acceptors (Lipinski definition) is 5. The summed E-state index contributed by atoms with van der Waals surface area (Å²) in [4.78, 5) is 7.86. The molecule has 1 aromatic carbocycles. The lowest BCUT2D eigenvalue weighted by atomic mass is 10.2. The predicted octanol–water partition coefficient (Wildman–Crippen LogP) is 3.18. The second kappa shape index (κ2) is 5.51. The average molecular weight is 304 g/mol. The number of nitrogen functional groups attached to an aromatic ring is 1. The van der Waals surface area contributed by atoms with Gasteiger partial charge in [-0.3, -0.25) is 4.98 Å². The molecule has 0 aliphatic rings. The van der Waals surface area contributed by atoms with Crippen LogP contribution in [0.4, 0.5) is 30.5 Å². The van der Waals surface area contributed by atoms with Crippen LogP contribution in [0.1, 0.15) is 5.56 Å². The molecular formula is C11H9ClF3N5. The molecule has 0 aliphatic heterocycles. The first-order valence-corrected chi connectivity index (χ1v) is 5.70. The van der Waals surface area contributed by atoms with Gasteiger partial charge in [0.15, 0.2) is 11.6 Å². The Kier molecular flexibility index (Phi) is 3.96. The van der Waals surface area contributed by atoms with E-state index < -0.39 is 11.7 Å². The summed E-state index contributed by atoms with van der Waals surface area (Å²) in [6.07, 6.45) is -1.67. The van der Waals surface area contributed by atoms with Crippen molar-refractivity contribution >= 4 is 28.9 Å². The van der Waals surface area contributed by atoms with Crippen LogP contribution < -0.4 is 16.6 Å². The average Bonchev–Trinajstić information content (AvgIpc) is 2.40. The van der Waals surface area contributed by atoms with Gasteiger partial charge in [0.05, 0.1) is 28.7 Å². The minimum absolute atomic E-state index is 0.0762. The van der Waals surface area contributed by atoms with E-state index in [2.05, 4.69) is 20.7 Å². The molecule has 9 heteroatoms. The van der Waals surface area contributed by atoms with E-state index in [1.54, 1.807) is 0 Å². The van der Waals surface area contributed by atoms with Crippen LogP contribution in [-0.2, 0) is 6.18 Å². The SMILES string of the molecule is NNc1cncc(Nc2ccc(C(F)(F)F)cc2Cl)n1. The van der Waals surface area contributed by atoms with Crippen molar-refractivity contribution in [3.63, 3.8) is 0 Å². The number of nitrogens with one attached hydrogen (secondary N) is 2. The van der Waals surface area contributed by atoms with Gasteiger partial charge in [-0.15, -0.1) is 0 Å². The third-order valence-electron chi connectivity index (χ3n) is 2.34. The van der Waals surface area contributed by atoms with E-state index in [1.165, 1.54) is 18.5 Å². The zero-order valence-corrected chi connectivity index (χ0v) is 10.6. The molecule has 2 rings (SSSR count). The van der Waals surface area contributed by atoms with Gasteiger partial charge in [0.2, 0.25) is 0 Å². The van der Waals surface area contributed by atoms with Crippen LogP contribution in [0.3, 0.4) is 0 Å². The highest BCUT2D eigenvalue weighted by Crippen LogP contribution is 2.34. The summed E-state index contributed by atoms with van der Waals surface area (Å²) in [6.45, 7) is 0. The summed E-state index contributed by atoms with van der Waals surface area (Å²) in [7, 11) is 0. The second-order valence-electron chi connectivity index (χ2n) is 3.75. The molecule has 0 radical (unpaired) electrons. The van der Waals surface area contributed by atoms with Gasteiger partial charge in [-0.1, -0.05) is 11.6 Å². The highest BCUT2D eigenvalue weighted by molar-refractivity contribution is 6.33. The number of aromatic nitrogens is 2. The molecule has 0 amide bonds. The van der Waals surface area contributed by atoms with Gasteiger partial charge in [0.25, 0.3) is 0 Å². The monoisotopic (exact) mass is 303 g/mol. The molecular weight excluding hydrogens is 295 g/mol. The smallest absolute Gasteiger partial charge is 0.338 e. The maximum Gasteiger partial charge on any atom is 0.416 e. The Morgan fingerprint density at radius 3 is 2.45 bits per heavy atom. The molecule has 106 valence electrons. The van der Waals surface area contributed by atoms with Gasteiger partial charge < -0.3 is 10.7 Å². The summed E-state index contributed by atoms with van der Waals surface area (Å²) in [6, 6.07) is 2.98. The third kappa shape index (κ3) is 3.28. The van der Waals surface area contributed by atoms with Gasteiger partial charge in [-0.05, 0) is 18.2 Å². The molecule has 0 fully saturated rings. The van der Waals surface area contributed by atoms with Crippen LogP contribution in [0.5, 0.6) is 0 Å². The molecule has 0 atom stereocenters. The largest absolute Gasteiger partial charge is 0.416 e. The van der Waals surface area contributed by atoms with E-state index in [1.807, 2.05) is 0 Å². The quantitative estimate of drug-likeness (QED) is 0.600. The fourth-order valence-corrected chi connectivity index (χ4v) is 1.65. The van der Waals surface area contributed by atoms with E-state index in [4.69, 9.17) is 17.4 Å². The van der Waals surface area contributed by atoms with Gasteiger partial charge in [-0.25, -0.2) is 10.8 Å². The normalized spacial score (nSPS) is 11.2. The lowest BCUT2D eigenvalue weighted by Gasteiger charge is -2.11. The fourth-order valence-electron chi connectivity index (χ4n) is 1.43. The summed E-state index contributed by atoms with van der Waals surface area (Å²) < 4.78 is 37.5. The molecule has 0 spiro atoms. The van der Waals surface area contributed by atoms with Gasteiger partial charge in [-0.2, -0.15) is 13.2 Å². The minimum Gasteiger partial charge on any atom is -0.338 e. The minimum atomic E-state index is -4.44. The lowest BCUT2D eigenvalue weighted by molar-refractivity contribution is -0.137. The van der Waals surface area contributed by atoms with Crippen LogP contribution in [0, 0.1) is 0 Å². The maximum atomic E-state index is 12.5. The molecule has 5 nitrogen and oxygen atoms in total. The topological polar surface area (TPSA) is 75.9 Å². The molecule has 1 aromatic heterocycles. The van der Waals surface area contributed by atoms with Crippen LogP contribution in [0.15, 0.2) is 30.6 Å². The van der Waals surface area contributed by atoms with Gasteiger partial charge in [0, 0.05) is 0 Å². The van der Waals surface area contributed by atoms with Crippen LogP contribution in [0.2, 0.25) is 5.02 Å². The molecule has 4 N–H and O–H groups in total. The van der Waals surface area contributed by atoms with Crippen LogP contribution in [0.25, 0.3) is 0 Å². The highest BCUT2D eigenvalue weighted by atomic mass is 35.5. The second-order valence-corrected chi connectivity index (χ2v) is 4.16. The molecule has 0 unspecified atom stereocenters. The Balaban J connectivity index is 2.25. The molecule has 1 heterocycles. The number of halogens is 4. The first-order valence-electron chi connectivity index (χ1n) is 5.32.